The quantitative estimate of drug-likeness (QED) is 0.791. The first-order chi connectivity index (χ1) is 12.4. The first-order valence-electron chi connectivity index (χ1n) is 9.51. The van der Waals surface area contributed by atoms with E-state index in [0.29, 0.717) is 19.3 Å². The second-order valence-corrected chi connectivity index (χ2v) is 8.14. The van der Waals surface area contributed by atoms with E-state index in [1.54, 1.807) is 0 Å². The highest BCUT2D eigenvalue weighted by Gasteiger charge is 2.48. The lowest BCUT2D eigenvalue weighted by Crippen LogP contribution is -2.57. The van der Waals surface area contributed by atoms with Gasteiger partial charge in [0.2, 0.25) is 11.8 Å². The highest BCUT2D eigenvalue weighted by molar-refractivity contribution is 5.94. The fourth-order valence-electron chi connectivity index (χ4n) is 3.65. The van der Waals surface area contributed by atoms with E-state index in [2.05, 4.69) is 16.7 Å². The summed E-state index contributed by atoms with van der Waals surface area (Å²) in [5, 5.41) is 15.1. The number of amides is 2. The molecule has 2 saturated carbocycles. The van der Waals surface area contributed by atoms with Crippen molar-refractivity contribution in [1.29, 1.82) is 5.26 Å². The topological polar surface area (TPSA) is 82.0 Å². The van der Waals surface area contributed by atoms with Gasteiger partial charge in [0.05, 0.1) is 11.5 Å². The van der Waals surface area contributed by atoms with Gasteiger partial charge < -0.3 is 10.6 Å². The van der Waals surface area contributed by atoms with Crippen LogP contribution in [0.1, 0.15) is 57.9 Å². The minimum Gasteiger partial charge on any atom is -0.344 e. The predicted molar refractivity (Wildman–Crippen MR) is 99.1 cm³/mol. The van der Waals surface area contributed by atoms with Gasteiger partial charge in [-0.05, 0) is 43.6 Å². The van der Waals surface area contributed by atoms with Crippen LogP contribution in [0.2, 0.25) is 0 Å². The maximum atomic E-state index is 13.1. The molecule has 2 N–H and O–H groups in total. The second kappa shape index (κ2) is 7.11. The third kappa shape index (κ3) is 3.60. The van der Waals surface area contributed by atoms with E-state index in [0.717, 1.165) is 24.8 Å². The molecule has 26 heavy (non-hydrogen) atoms. The summed E-state index contributed by atoms with van der Waals surface area (Å²) in [7, 11) is 0. The molecule has 0 bridgehead atoms. The zero-order valence-corrected chi connectivity index (χ0v) is 15.5. The van der Waals surface area contributed by atoms with Crippen molar-refractivity contribution in [3.63, 3.8) is 0 Å². The summed E-state index contributed by atoms with van der Waals surface area (Å²) in [6.45, 7) is 4.06. The molecule has 1 aromatic carbocycles. The van der Waals surface area contributed by atoms with Crippen molar-refractivity contribution in [2.45, 2.75) is 69.4 Å². The number of nitrogens with zero attached hydrogens (tertiary/aromatic N) is 1. The van der Waals surface area contributed by atoms with E-state index >= 15 is 0 Å². The Morgan fingerprint density at radius 2 is 1.81 bits per heavy atom. The fourth-order valence-corrected chi connectivity index (χ4v) is 3.65. The van der Waals surface area contributed by atoms with Gasteiger partial charge in [-0.15, -0.1) is 0 Å². The predicted octanol–water partition coefficient (Wildman–Crippen LogP) is 2.81. The molecule has 5 heteroatoms. The SMILES string of the molecule is CC(C)C[C@H](NC(=O)C1(c2ccccc2)CCC1)C(=O)NC1(C#N)CC1. The molecular formula is C21H27N3O2. The number of carbonyl (C=O) groups excluding carboxylic acids is 2. The summed E-state index contributed by atoms with van der Waals surface area (Å²) in [6, 6.07) is 11.4. The molecule has 0 heterocycles. The third-order valence-corrected chi connectivity index (χ3v) is 5.62. The van der Waals surface area contributed by atoms with Crippen LogP contribution in [-0.4, -0.2) is 23.4 Å². The van der Waals surface area contributed by atoms with E-state index in [-0.39, 0.29) is 17.7 Å². The first-order valence-corrected chi connectivity index (χ1v) is 9.51. The molecular weight excluding hydrogens is 326 g/mol. The molecule has 0 aliphatic heterocycles. The lowest BCUT2D eigenvalue weighted by Gasteiger charge is -2.41. The summed E-state index contributed by atoms with van der Waals surface area (Å²) < 4.78 is 0. The molecule has 138 valence electrons. The van der Waals surface area contributed by atoms with Crippen LogP contribution in [0.25, 0.3) is 0 Å². The van der Waals surface area contributed by atoms with Crippen molar-refractivity contribution in [3.05, 3.63) is 35.9 Å². The summed E-state index contributed by atoms with van der Waals surface area (Å²) in [5.74, 6) is -0.0523. The van der Waals surface area contributed by atoms with Crippen LogP contribution in [-0.2, 0) is 15.0 Å². The molecule has 1 atom stereocenters. The van der Waals surface area contributed by atoms with Crippen LogP contribution in [0.15, 0.2) is 30.3 Å². The molecule has 2 fully saturated rings. The molecule has 2 aliphatic carbocycles. The van der Waals surface area contributed by atoms with Crippen LogP contribution >= 0.6 is 0 Å². The molecule has 0 saturated heterocycles. The smallest absolute Gasteiger partial charge is 0.243 e. The largest absolute Gasteiger partial charge is 0.344 e. The van der Waals surface area contributed by atoms with Crippen LogP contribution in [0.5, 0.6) is 0 Å². The van der Waals surface area contributed by atoms with E-state index in [4.69, 9.17) is 0 Å². The molecule has 0 radical (unpaired) electrons. The van der Waals surface area contributed by atoms with E-state index in [9.17, 15) is 14.9 Å². The molecule has 0 spiro atoms. The van der Waals surface area contributed by atoms with Crippen LogP contribution in [0.4, 0.5) is 0 Å². The number of hydrogen-bond donors (Lipinski definition) is 2. The monoisotopic (exact) mass is 353 g/mol. The van der Waals surface area contributed by atoms with Gasteiger partial charge in [-0.25, -0.2) is 0 Å². The van der Waals surface area contributed by atoms with Gasteiger partial charge in [0, 0.05) is 0 Å². The average molecular weight is 353 g/mol. The fraction of sp³-hybridized carbons (Fsp3) is 0.571. The zero-order valence-electron chi connectivity index (χ0n) is 15.5. The third-order valence-electron chi connectivity index (χ3n) is 5.62. The Balaban J connectivity index is 1.74. The molecule has 5 nitrogen and oxygen atoms in total. The van der Waals surface area contributed by atoms with Crippen molar-refractivity contribution in [2.24, 2.45) is 5.92 Å². The van der Waals surface area contributed by atoms with Gasteiger partial charge in [0.25, 0.3) is 0 Å². The van der Waals surface area contributed by atoms with Gasteiger partial charge in [0.15, 0.2) is 0 Å². The van der Waals surface area contributed by atoms with Crippen molar-refractivity contribution in [2.75, 3.05) is 0 Å². The standard InChI is InChI=1S/C21H27N3O2/c1-15(2)13-17(18(25)24-20(14-22)11-12-20)23-19(26)21(9-6-10-21)16-7-4-3-5-8-16/h3-5,7-8,15,17H,6,9-13H2,1-2H3,(H,23,26)(H,24,25)/t17-/m0/s1. The number of hydrogen-bond acceptors (Lipinski definition) is 3. The van der Waals surface area contributed by atoms with Crippen molar-refractivity contribution >= 4 is 11.8 Å². The lowest BCUT2D eigenvalue weighted by molar-refractivity contribution is -0.135. The van der Waals surface area contributed by atoms with Crippen molar-refractivity contribution in [3.8, 4) is 6.07 Å². The zero-order chi connectivity index (χ0) is 18.8. The Morgan fingerprint density at radius 1 is 1.15 bits per heavy atom. The van der Waals surface area contributed by atoms with Crippen LogP contribution in [0, 0.1) is 17.2 Å². The average Bonchev–Trinajstić information content (AvgIpc) is 3.34. The summed E-state index contributed by atoms with van der Waals surface area (Å²) in [5.41, 5.74) is -0.225. The number of nitrogens with one attached hydrogen (secondary N) is 2. The number of carbonyl (C=O) groups is 2. The van der Waals surface area contributed by atoms with Crippen LogP contribution < -0.4 is 10.6 Å². The molecule has 0 unspecified atom stereocenters. The normalized spacial score (nSPS) is 20.4. The Hall–Kier alpha value is -2.35. The van der Waals surface area contributed by atoms with Crippen LogP contribution in [0.3, 0.4) is 0 Å². The van der Waals surface area contributed by atoms with E-state index in [1.165, 1.54) is 0 Å². The second-order valence-electron chi connectivity index (χ2n) is 8.14. The lowest BCUT2D eigenvalue weighted by atomic mass is 9.63. The van der Waals surface area contributed by atoms with Crippen molar-refractivity contribution in [1.82, 2.24) is 10.6 Å². The molecule has 2 aliphatic rings. The Labute approximate surface area is 155 Å². The Bertz CT molecular complexity index is 713. The number of nitriles is 1. The summed E-state index contributed by atoms with van der Waals surface area (Å²) >= 11 is 0. The number of benzene rings is 1. The van der Waals surface area contributed by atoms with Crippen molar-refractivity contribution < 1.29 is 9.59 Å². The maximum Gasteiger partial charge on any atom is 0.243 e. The molecule has 1 aromatic rings. The molecule has 2 amide bonds. The first kappa shape index (κ1) is 18.4. The molecule has 3 rings (SSSR count). The Morgan fingerprint density at radius 3 is 2.27 bits per heavy atom. The van der Waals surface area contributed by atoms with E-state index in [1.807, 2.05) is 44.2 Å². The minimum atomic E-state index is -0.718. The summed E-state index contributed by atoms with van der Waals surface area (Å²) in [4.78, 5) is 25.9. The maximum absolute atomic E-state index is 13.1. The van der Waals surface area contributed by atoms with Gasteiger partial charge >= 0.3 is 0 Å². The van der Waals surface area contributed by atoms with Gasteiger partial charge in [-0.1, -0.05) is 50.6 Å². The van der Waals surface area contributed by atoms with Gasteiger partial charge in [-0.3, -0.25) is 9.59 Å². The highest BCUT2D eigenvalue weighted by atomic mass is 16.2. The Kier molecular flexibility index (Phi) is 5.04. The van der Waals surface area contributed by atoms with Gasteiger partial charge in [-0.2, -0.15) is 5.26 Å². The van der Waals surface area contributed by atoms with Gasteiger partial charge in [0.1, 0.15) is 11.6 Å². The summed E-state index contributed by atoms with van der Waals surface area (Å²) in [6.07, 6.45) is 4.56. The van der Waals surface area contributed by atoms with E-state index < -0.39 is 17.0 Å². The minimum absolute atomic E-state index is 0.0717. The highest BCUT2D eigenvalue weighted by Crippen LogP contribution is 2.44. The number of rotatable bonds is 7. The molecule has 0 aromatic heterocycles.